The molecule has 0 unspecified atom stereocenters. The van der Waals surface area contributed by atoms with E-state index < -0.39 is 56.4 Å². The third-order valence-corrected chi connectivity index (χ3v) is 13.3. The molecule has 2 aliphatic carbocycles. The molecule has 0 bridgehead atoms. The van der Waals surface area contributed by atoms with E-state index in [1.807, 2.05) is 42.5 Å². The Labute approximate surface area is 318 Å². The van der Waals surface area contributed by atoms with Crippen molar-refractivity contribution >= 4 is 33.8 Å². The Kier molecular flexibility index (Phi) is 10.7. The van der Waals surface area contributed by atoms with Crippen LogP contribution in [0.15, 0.2) is 66.7 Å². The largest absolute Gasteiger partial charge is 0.444 e. The van der Waals surface area contributed by atoms with Gasteiger partial charge in [-0.25, -0.2) is 13.2 Å². The van der Waals surface area contributed by atoms with Gasteiger partial charge in [0.25, 0.3) is 5.91 Å². The summed E-state index contributed by atoms with van der Waals surface area (Å²) in [7, 11) is -3.86. The number of benzene rings is 2. The Morgan fingerprint density at radius 1 is 0.944 bits per heavy atom. The van der Waals surface area contributed by atoms with E-state index in [0.29, 0.717) is 51.9 Å². The fourth-order valence-electron chi connectivity index (χ4n) is 8.54. The Hall–Kier alpha value is -4.23. The standard InChI is InChI=1S/C41H53N5O7S/c1-40(2,3)53-39(50)42-34-19-11-6-4-5-10-17-30-22-41(30,38(49)44-54(51,52)31-20-21-31)43-36(47)35-33-26-45(24-29(33)25-46(35)37(34)48)23-28-16-12-13-18-32(28)27-14-8-7-9-15-27/h7-10,12-18,29-31,33-35H,4-6,11,19-26H2,1-3H3,(H,42,50)(H,43,47)(H,44,49)/b17-10-/t29-,30-,33-,34-,35-,41+/m0/s1. The normalized spacial score (nSPS) is 29.8. The predicted octanol–water partition coefficient (Wildman–Crippen LogP) is 4.51. The van der Waals surface area contributed by atoms with Gasteiger partial charge in [0.05, 0.1) is 5.25 Å². The van der Waals surface area contributed by atoms with Crippen molar-refractivity contribution < 1.29 is 32.3 Å². The molecule has 2 aromatic carbocycles. The number of carbonyl (C=O) groups excluding carboxylic acids is 4. The van der Waals surface area contributed by atoms with Gasteiger partial charge in [0.1, 0.15) is 23.2 Å². The van der Waals surface area contributed by atoms with E-state index in [4.69, 9.17) is 4.74 Å². The maximum atomic E-state index is 14.7. The van der Waals surface area contributed by atoms with Gasteiger partial charge in [0.2, 0.25) is 21.8 Å². The summed E-state index contributed by atoms with van der Waals surface area (Å²) in [5, 5.41) is 5.23. The topological polar surface area (TPSA) is 154 Å². The summed E-state index contributed by atoms with van der Waals surface area (Å²) < 4.78 is 33.6. The van der Waals surface area contributed by atoms with Gasteiger partial charge in [-0.3, -0.25) is 24.0 Å². The Balaban J connectivity index is 1.18. The molecule has 0 radical (unpaired) electrons. The molecule has 5 aliphatic rings. The van der Waals surface area contributed by atoms with Crippen molar-refractivity contribution in [3.8, 4) is 11.1 Å². The molecular formula is C41H53N5O7S. The summed E-state index contributed by atoms with van der Waals surface area (Å²) in [6, 6.07) is 16.7. The number of hydrogen-bond donors (Lipinski definition) is 3. The molecule has 7 rings (SSSR count). The Morgan fingerprint density at radius 3 is 2.43 bits per heavy atom. The second-order valence-electron chi connectivity index (χ2n) is 16.8. The molecule has 2 saturated heterocycles. The van der Waals surface area contributed by atoms with Crippen LogP contribution in [0.5, 0.6) is 0 Å². The molecule has 6 atom stereocenters. The van der Waals surface area contributed by atoms with Crippen molar-refractivity contribution in [2.45, 2.75) is 107 Å². The molecule has 54 heavy (non-hydrogen) atoms. The van der Waals surface area contributed by atoms with Crippen LogP contribution in [0, 0.1) is 17.8 Å². The van der Waals surface area contributed by atoms with Gasteiger partial charge in [0, 0.05) is 38.0 Å². The van der Waals surface area contributed by atoms with Gasteiger partial charge in [-0.1, -0.05) is 79.6 Å². The first-order chi connectivity index (χ1) is 25.7. The van der Waals surface area contributed by atoms with Gasteiger partial charge >= 0.3 is 6.09 Å². The number of hydrogen-bond acceptors (Lipinski definition) is 8. The molecule has 0 aromatic heterocycles. The minimum Gasteiger partial charge on any atom is -0.444 e. The summed E-state index contributed by atoms with van der Waals surface area (Å²) >= 11 is 0. The minimum absolute atomic E-state index is 0.0374. The number of amides is 4. The van der Waals surface area contributed by atoms with Crippen LogP contribution < -0.4 is 15.4 Å². The third kappa shape index (κ3) is 8.36. The highest BCUT2D eigenvalue weighted by atomic mass is 32.2. The second-order valence-corrected chi connectivity index (χ2v) is 18.7. The lowest BCUT2D eigenvalue weighted by atomic mass is 9.93. The number of nitrogens with zero attached hydrogens (tertiary/aromatic N) is 2. The van der Waals surface area contributed by atoms with Crippen molar-refractivity contribution in [2.75, 3.05) is 19.6 Å². The van der Waals surface area contributed by atoms with Gasteiger partial charge < -0.3 is 20.3 Å². The molecule has 3 aliphatic heterocycles. The van der Waals surface area contributed by atoms with Crippen molar-refractivity contribution in [1.82, 2.24) is 25.2 Å². The van der Waals surface area contributed by atoms with Crippen LogP contribution in [0.3, 0.4) is 0 Å². The van der Waals surface area contributed by atoms with E-state index in [1.54, 1.807) is 25.7 Å². The molecule has 0 spiro atoms. The monoisotopic (exact) mass is 759 g/mol. The average Bonchev–Trinajstić information content (AvgIpc) is 4.02. The minimum atomic E-state index is -3.86. The van der Waals surface area contributed by atoms with Crippen molar-refractivity contribution in [3.63, 3.8) is 0 Å². The molecule has 3 heterocycles. The number of nitrogens with one attached hydrogen (secondary N) is 3. The van der Waals surface area contributed by atoms with Crippen LogP contribution >= 0.6 is 0 Å². The van der Waals surface area contributed by atoms with E-state index in [2.05, 4.69) is 44.5 Å². The van der Waals surface area contributed by atoms with Crippen molar-refractivity contribution in [1.29, 1.82) is 0 Å². The van der Waals surface area contributed by atoms with Crippen LogP contribution in [-0.2, 0) is 35.7 Å². The van der Waals surface area contributed by atoms with Crippen LogP contribution in [0.4, 0.5) is 4.79 Å². The second kappa shape index (κ2) is 15.1. The van der Waals surface area contributed by atoms with E-state index in [1.165, 1.54) is 0 Å². The summed E-state index contributed by atoms with van der Waals surface area (Å²) in [6.07, 6.45) is 7.90. The lowest BCUT2D eigenvalue weighted by Gasteiger charge is -2.33. The average molecular weight is 760 g/mol. The van der Waals surface area contributed by atoms with E-state index in [9.17, 15) is 27.6 Å². The smallest absolute Gasteiger partial charge is 0.408 e. The zero-order valence-corrected chi connectivity index (χ0v) is 32.3. The van der Waals surface area contributed by atoms with Crippen LogP contribution in [0.1, 0.15) is 77.7 Å². The molecule has 2 aromatic rings. The zero-order chi connectivity index (χ0) is 38.3. The van der Waals surface area contributed by atoms with Crippen LogP contribution in [0.2, 0.25) is 0 Å². The lowest BCUT2D eigenvalue weighted by molar-refractivity contribution is -0.142. The maximum Gasteiger partial charge on any atom is 0.408 e. The van der Waals surface area contributed by atoms with E-state index in [0.717, 1.165) is 36.0 Å². The fraction of sp³-hybridized carbons (Fsp3) is 0.561. The molecule has 4 fully saturated rings. The Morgan fingerprint density at radius 2 is 1.69 bits per heavy atom. The van der Waals surface area contributed by atoms with Crippen LogP contribution in [-0.4, -0.2) is 90.1 Å². The molecule has 4 amide bonds. The summed E-state index contributed by atoms with van der Waals surface area (Å²) in [6.45, 7) is 7.44. The van der Waals surface area contributed by atoms with Gasteiger partial charge in [0.15, 0.2) is 0 Å². The first-order valence-corrected chi connectivity index (χ1v) is 21.0. The molecule has 2 saturated carbocycles. The molecule has 12 nitrogen and oxygen atoms in total. The summed E-state index contributed by atoms with van der Waals surface area (Å²) in [5.41, 5.74) is 1.21. The van der Waals surface area contributed by atoms with E-state index in [-0.39, 0.29) is 30.1 Å². The van der Waals surface area contributed by atoms with Crippen molar-refractivity contribution in [3.05, 3.63) is 72.3 Å². The van der Waals surface area contributed by atoms with Gasteiger partial charge in [-0.15, -0.1) is 0 Å². The third-order valence-electron chi connectivity index (χ3n) is 11.5. The summed E-state index contributed by atoms with van der Waals surface area (Å²) in [5.74, 6) is -2.24. The highest BCUT2D eigenvalue weighted by molar-refractivity contribution is 7.91. The number of likely N-dealkylation sites (tertiary alicyclic amines) is 1. The molecule has 290 valence electrons. The van der Waals surface area contributed by atoms with E-state index >= 15 is 0 Å². The number of ether oxygens (including phenoxy) is 1. The maximum absolute atomic E-state index is 14.7. The number of rotatable bonds is 7. The highest BCUT2D eigenvalue weighted by Crippen LogP contribution is 2.47. The number of carbonyl (C=O) groups is 4. The zero-order valence-electron chi connectivity index (χ0n) is 31.5. The highest BCUT2D eigenvalue weighted by Gasteiger charge is 2.63. The number of sulfonamides is 1. The van der Waals surface area contributed by atoms with Crippen molar-refractivity contribution in [2.24, 2.45) is 17.8 Å². The quantitative estimate of drug-likeness (QED) is 0.349. The predicted molar refractivity (Wildman–Crippen MR) is 204 cm³/mol. The fourth-order valence-corrected chi connectivity index (χ4v) is 9.90. The molecule has 13 heteroatoms. The Bertz CT molecular complexity index is 1890. The van der Waals surface area contributed by atoms with Gasteiger partial charge in [-0.2, -0.15) is 0 Å². The SMILES string of the molecule is CC(C)(C)OC(=O)N[C@H]1CCCCC/C=C\[C@H]2C[C@@]2(C(=O)NS(=O)(=O)C2CC2)NC(=O)[C@@H]2[C@H]3CN(Cc4ccccc4-c4ccccc4)C[C@H]3CN2C1=O. The number of alkyl carbamates (subject to hydrolysis) is 1. The van der Waals surface area contributed by atoms with Crippen LogP contribution in [0.25, 0.3) is 11.1 Å². The van der Waals surface area contributed by atoms with Gasteiger partial charge in [-0.05, 0) is 81.9 Å². The lowest BCUT2D eigenvalue weighted by Crippen LogP contribution is -2.60. The number of fused-ring (bicyclic) bond motifs is 4. The molecule has 3 N–H and O–H groups in total. The summed E-state index contributed by atoms with van der Waals surface area (Å²) in [4.78, 5) is 60.1. The number of allylic oxidation sites excluding steroid dienone is 1. The molecular weight excluding hydrogens is 707 g/mol. The first-order valence-electron chi connectivity index (χ1n) is 19.4. The first kappa shape index (κ1) is 38.1.